The Bertz CT molecular complexity index is 575. The maximum absolute atomic E-state index is 6.21. The summed E-state index contributed by atoms with van der Waals surface area (Å²) < 4.78 is 0. The Kier molecular flexibility index (Phi) is 4.76. The molecule has 0 atom stereocenters. The Labute approximate surface area is 124 Å². The molecule has 0 saturated carbocycles. The highest BCUT2D eigenvalue weighted by molar-refractivity contribution is 7.99. The highest BCUT2D eigenvalue weighted by Gasteiger charge is 2.10. The second kappa shape index (κ2) is 6.13. The topological polar surface area (TPSA) is 38.9 Å². The quantitative estimate of drug-likeness (QED) is 0.895. The van der Waals surface area contributed by atoms with Crippen LogP contribution >= 0.6 is 46.6 Å². The summed E-state index contributed by atoms with van der Waals surface area (Å²) in [7, 11) is 0. The molecule has 0 radical (unpaired) electrons. The minimum Gasteiger partial charge on any atom is -0.326 e. The van der Waals surface area contributed by atoms with Gasteiger partial charge >= 0.3 is 0 Å². The molecule has 0 aliphatic carbocycles. The van der Waals surface area contributed by atoms with Crippen LogP contribution in [0, 0.1) is 0 Å². The summed E-state index contributed by atoms with van der Waals surface area (Å²) >= 11 is 19.6. The molecule has 0 bridgehead atoms. The molecule has 0 amide bonds. The van der Waals surface area contributed by atoms with Crippen molar-refractivity contribution in [2.24, 2.45) is 5.73 Å². The lowest BCUT2D eigenvalue weighted by molar-refractivity contribution is 1.02. The zero-order valence-corrected chi connectivity index (χ0v) is 12.2. The van der Waals surface area contributed by atoms with E-state index in [1.807, 2.05) is 0 Å². The SMILES string of the molecule is NCc1ccnc(Sc2cc(Cl)ccc2Cl)c1Cl. The van der Waals surface area contributed by atoms with E-state index in [-0.39, 0.29) is 0 Å². The molecule has 0 saturated heterocycles. The monoisotopic (exact) mass is 318 g/mol. The van der Waals surface area contributed by atoms with Crippen molar-refractivity contribution in [3.8, 4) is 0 Å². The third-order valence-corrected chi connectivity index (χ3v) is 4.53. The minimum atomic E-state index is 0.373. The van der Waals surface area contributed by atoms with E-state index >= 15 is 0 Å². The molecule has 2 rings (SSSR count). The molecular formula is C12H9Cl3N2S. The lowest BCUT2D eigenvalue weighted by Crippen LogP contribution is -1.98. The van der Waals surface area contributed by atoms with Crippen LogP contribution in [-0.2, 0) is 6.54 Å². The molecule has 0 aliphatic rings. The van der Waals surface area contributed by atoms with Gasteiger partial charge in [-0.05, 0) is 29.8 Å². The van der Waals surface area contributed by atoms with E-state index in [0.717, 1.165) is 10.5 Å². The number of rotatable bonds is 3. The Morgan fingerprint density at radius 3 is 2.67 bits per heavy atom. The molecule has 2 N–H and O–H groups in total. The molecule has 1 heterocycles. The first-order valence-corrected chi connectivity index (χ1v) is 7.03. The second-order valence-electron chi connectivity index (χ2n) is 3.47. The van der Waals surface area contributed by atoms with Crippen molar-refractivity contribution in [1.82, 2.24) is 4.98 Å². The molecule has 0 fully saturated rings. The number of hydrogen-bond acceptors (Lipinski definition) is 3. The summed E-state index contributed by atoms with van der Waals surface area (Å²) in [6, 6.07) is 7.06. The maximum Gasteiger partial charge on any atom is 0.120 e. The number of halogens is 3. The number of hydrogen-bond donors (Lipinski definition) is 1. The van der Waals surface area contributed by atoms with Crippen LogP contribution in [0.5, 0.6) is 0 Å². The summed E-state index contributed by atoms with van der Waals surface area (Å²) in [6.07, 6.45) is 1.68. The molecule has 1 aromatic heterocycles. The first kappa shape index (κ1) is 14.0. The van der Waals surface area contributed by atoms with Crippen molar-refractivity contribution in [3.05, 3.63) is 51.1 Å². The lowest BCUT2D eigenvalue weighted by atomic mass is 10.3. The summed E-state index contributed by atoms with van der Waals surface area (Å²) in [5.74, 6) is 0. The van der Waals surface area contributed by atoms with Crippen molar-refractivity contribution >= 4 is 46.6 Å². The van der Waals surface area contributed by atoms with E-state index in [4.69, 9.17) is 40.5 Å². The molecule has 0 aliphatic heterocycles. The van der Waals surface area contributed by atoms with E-state index in [0.29, 0.717) is 26.6 Å². The van der Waals surface area contributed by atoms with Gasteiger partial charge in [0.15, 0.2) is 0 Å². The zero-order chi connectivity index (χ0) is 13.1. The van der Waals surface area contributed by atoms with Crippen molar-refractivity contribution < 1.29 is 0 Å². The fourth-order valence-corrected chi connectivity index (χ4v) is 3.02. The summed E-state index contributed by atoms with van der Waals surface area (Å²) in [5, 5.41) is 2.46. The van der Waals surface area contributed by atoms with E-state index in [2.05, 4.69) is 4.98 Å². The number of nitrogens with two attached hydrogens (primary N) is 1. The molecular weight excluding hydrogens is 311 g/mol. The third kappa shape index (κ3) is 3.11. The van der Waals surface area contributed by atoms with E-state index in [9.17, 15) is 0 Å². The summed E-state index contributed by atoms with van der Waals surface area (Å²) in [5.41, 5.74) is 6.45. The Balaban J connectivity index is 2.37. The largest absolute Gasteiger partial charge is 0.326 e. The van der Waals surface area contributed by atoms with Crippen LogP contribution in [0.1, 0.15) is 5.56 Å². The predicted octanol–water partition coefficient (Wildman–Crippen LogP) is 4.65. The van der Waals surface area contributed by atoms with Gasteiger partial charge in [0.2, 0.25) is 0 Å². The molecule has 2 nitrogen and oxygen atoms in total. The first-order valence-electron chi connectivity index (χ1n) is 5.08. The highest BCUT2D eigenvalue weighted by Crippen LogP contribution is 2.37. The highest BCUT2D eigenvalue weighted by atomic mass is 35.5. The number of benzene rings is 1. The molecule has 1 aromatic carbocycles. The predicted molar refractivity (Wildman–Crippen MR) is 77.7 cm³/mol. The normalized spacial score (nSPS) is 10.7. The van der Waals surface area contributed by atoms with Crippen LogP contribution in [-0.4, -0.2) is 4.98 Å². The van der Waals surface area contributed by atoms with Crippen LogP contribution in [0.15, 0.2) is 40.4 Å². The van der Waals surface area contributed by atoms with Crippen molar-refractivity contribution in [2.45, 2.75) is 16.5 Å². The van der Waals surface area contributed by atoms with Crippen molar-refractivity contribution in [3.63, 3.8) is 0 Å². The van der Waals surface area contributed by atoms with Crippen LogP contribution < -0.4 is 5.73 Å². The average Bonchev–Trinajstić information content (AvgIpc) is 2.36. The second-order valence-corrected chi connectivity index (χ2v) is 5.72. The molecule has 0 unspecified atom stereocenters. The molecule has 18 heavy (non-hydrogen) atoms. The van der Waals surface area contributed by atoms with Crippen LogP contribution in [0.25, 0.3) is 0 Å². The van der Waals surface area contributed by atoms with E-state index < -0.39 is 0 Å². The van der Waals surface area contributed by atoms with Gasteiger partial charge in [0.05, 0.1) is 10.0 Å². The van der Waals surface area contributed by atoms with Gasteiger partial charge in [-0.25, -0.2) is 4.98 Å². The Morgan fingerprint density at radius 1 is 1.17 bits per heavy atom. The van der Waals surface area contributed by atoms with Gasteiger partial charge in [0.1, 0.15) is 5.03 Å². The standard InChI is InChI=1S/C12H9Cl3N2S/c13-8-1-2-9(14)10(5-8)18-12-11(15)7(6-16)3-4-17-12/h1-5H,6,16H2. The summed E-state index contributed by atoms with van der Waals surface area (Å²) in [6.45, 7) is 0.373. The molecule has 94 valence electrons. The average molecular weight is 320 g/mol. The van der Waals surface area contributed by atoms with Gasteiger partial charge in [-0.2, -0.15) is 0 Å². The van der Waals surface area contributed by atoms with Gasteiger partial charge in [-0.1, -0.05) is 46.6 Å². The van der Waals surface area contributed by atoms with E-state index in [1.54, 1.807) is 30.5 Å². The van der Waals surface area contributed by atoms with Gasteiger partial charge in [0.25, 0.3) is 0 Å². The molecule has 0 spiro atoms. The molecule has 2 aromatic rings. The zero-order valence-electron chi connectivity index (χ0n) is 9.16. The van der Waals surface area contributed by atoms with Crippen LogP contribution in [0.4, 0.5) is 0 Å². The van der Waals surface area contributed by atoms with Crippen molar-refractivity contribution in [1.29, 1.82) is 0 Å². The minimum absolute atomic E-state index is 0.373. The van der Waals surface area contributed by atoms with Crippen LogP contribution in [0.3, 0.4) is 0 Å². The summed E-state index contributed by atoms with van der Waals surface area (Å²) in [4.78, 5) is 5.04. The number of pyridine rings is 1. The lowest BCUT2D eigenvalue weighted by Gasteiger charge is -2.08. The molecule has 6 heteroatoms. The van der Waals surface area contributed by atoms with Gasteiger partial charge in [-0.3, -0.25) is 0 Å². The third-order valence-electron chi connectivity index (χ3n) is 2.26. The number of aromatic nitrogens is 1. The smallest absolute Gasteiger partial charge is 0.120 e. The first-order chi connectivity index (χ1) is 8.61. The van der Waals surface area contributed by atoms with Gasteiger partial charge in [-0.15, -0.1) is 0 Å². The Hall–Kier alpha value is -0.450. The fraction of sp³-hybridized carbons (Fsp3) is 0.0833. The Morgan fingerprint density at radius 2 is 1.94 bits per heavy atom. The van der Waals surface area contributed by atoms with Crippen LogP contribution in [0.2, 0.25) is 15.1 Å². The number of nitrogens with zero attached hydrogens (tertiary/aromatic N) is 1. The van der Waals surface area contributed by atoms with E-state index in [1.165, 1.54) is 11.8 Å². The fourth-order valence-electron chi connectivity index (χ4n) is 1.35. The maximum atomic E-state index is 6.21. The van der Waals surface area contributed by atoms with Crippen molar-refractivity contribution in [2.75, 3.05) is 0 Å². The van der Waals surface area contributed by atoms with Gasteiger partial charge < -0.3 is 5.73 Å². The van der Waals surface area contributed by atoms with Gasteiger partial charge in [0, 0.05) is 22.7 Å².